The van der Waals surface area contributed by atoms with Crippen LogP contribution in [0.3, 0.4) is 0 Å². The maximum absolute atomic E-state index is 12.3. The zero-order chi connectivity index (χ0) is 14.4. The van der Waals surface area contributed by atoms with Crippen molar-refractivity contribution >= 4 is 21.8 Å². The molecule has 1 aromatic rings. The highest BCUT2D eigenvalue weighted by Gasteiger charge is 2.50. The fourth-order valence-corrected chi connectivity index (χ4v) is 2.87. The lowest BCUT2D eigenvalue weighted by molar-refractivity contribution is -0.301. The van der Waals surface area contributed by atoms with Crippen LogP contribution >= 0.6 is 15.9 Å². The molecular weight excluding hydrogens is 322 g/mol. The Balaban J connectivity index is 1.60. The minimum absolute atomic E-state index is 0.0133. The molecule has 1 amide bonds. The predicted octanol–water partition coefficient (Wildman–Crippen LogP) is 2.67. The first kappa shape index (κ1) is 14.0. The third kappa shape index (κ3) is 2.62. The van der Waals surface area contributed by atoms with E-state index in [0.29, 0.717) is 26.3 Å². The number of nitrogens with zero attached hydrogens (tertiary/aromatic N) is 1. The van der Waals surface area contributed by atoms with Gasteiger partial charge >= 0.3 is 0 Å². The SMILES string of the molecule is CC1(C)OCC2(CO1)CN(C(=O)c1ccc(Br)cc1)C2. The summed E-state index contributed by atoms with van der Waals surface area (Å²) < 4.78 is 12.4. The molecule has 0 bridgehead atoms. The molecule has 1 spiro atoms. The monoisotopic (exact) mass is 339 g/mol. The highest BCUT2D eigenvalue weighted by molar-refractivity contribution is 9.10. The maximum Gasteiger partial charge on any atom is 0.253 e. The molecule has 0 atom stereocenters. The van der Waals surface area contributed by atoms with Crippen LogP contribution in [0.4, 0.5) is 0 Å². The molecule has 0 N–H and O–H groups in total. The number of rotatable bonds is 1. The quantitative estimate of drug-likeness (QED) is 0.789. The van der Waals surface area contributed by atoms with Crippen molar-refractivity contribution < 1.29 is 14.3 Å². The smallest absolute Gasteiger partial charge is 0.253 e. The summed E-state index contributed by atoms with van der Waals surface area (Å²) in [6.07, 6.45) is 0. The molecule has 0 saturated carbocycles. The number of hydrogen-bond donors (Lipinski definition) is 0. The van der Waals surface area contributed by atoms with Gasteiger partial charge in [0.05, 0.1) is 18.6 Å². The summed E-state index contributed by atoms with van der Waals surface area (Å²) in [5.74, 6) is -0.422. The Labute approximate surface area is 127 Å². The number of benzene rings is 1. The van der Waals surface area contributed by atoms with Gasteiger partial charge in [0.15, 0.2) is 5.79 Å². The van der Waals surface area contributed by atoms with Crippen molar-refractivity contribution in [3.05, 3.63) is 34.3 Å². The van der Waals surface area contributed by atoms with Crippen molar-refractivity contribution in [2.45, 2.75) is 19.6 Å². The summed E-state index contributed by atoms with van der Waals surface area (Å²) in [5, 5.41) is 0. The zero-order valence-corrected chi connectivity index (χ0v) is 13.3. The standard InChI is InChI=1S/C15H18BrNO3/c1-14(2)19-9-15(10-20-14)7-17(8-15)13(18)11-3-5-12(16)6-4-11/h3-6H,7-10H2,1-2H3. The Bertz CT molecular complexity index is 508. The molecule has 2 saturated heterocycles. The van der Waals surface area contributed by atoms with E-state index in [-0.39, 0.29) is 11.3 Å². The molecule has 0 aromatic heterocycles. The molecule has 1 aromatic carbocycles. The highest BCUT2D eigenvalue weighted by Crippen LogP contribution is 2.38. The number of ether oxygens (including phenoxy) is 2. The Kier molecular flexibility index (Phi) is 3.39. The van der Waals surface area contributed by atoms with Crippen molar-refractivity contribution in [1.29, 1.82) is 0 Å². The number of likely N-dealkylation sites (tertiary alicyclic amines) is 1. The van der Waals surface area contributed by atoms with Crippen molar-refractivity contribution in [1.82, 2.24) is 4.90 Å². The maximum atomic E-state index is 12.3. The molecule has 3 rings (SSSR count). The topological polar surface area (TPSA) is 38.8 Å². The molecular formula is C15H18BrNO3. The summed E-state index contributed by atoms with van der Waals surface area (Å²) >= 11 is 3.37. The molecule has 0 aliphatic carbocycles. The molecule has 20 heavy (non-hydrogen) atoms. The Hall–Kier alpha value is -0.910. The molecule has 5 heteroatoms. The van der Waals surface area contributed by atoms with Crippen LogP contribution < -0.4 is 0 Å². The summed E-state index contributed by atoms with van der Waals surface area (Å²) in [6, 6.07) is 7.46. The van der Waals surface area contributed by atoms with E-state index in [1.165, 1.54) is 0 Å². The second-order valence-corrected chi connectivity index (χ2v) is 7.06. The Morgan fingerprint density at radius 3 is 2.25 bits per heavy atom. The van der Waals surface area contributed by atoms with Gasteiger partial charge in [-0.25, -0.2) is 0 Å². The van der Waals surface area contributed by atoms with Crippen LogP contribution in [0.2, 0.25) is 0 Å². The van der Waals surface area contributed by atoms with Gasteiger partial charge in [0.2, 0.25) is 0 Å². The summed E-state index contributed by atoms with van der Waals surface area (Å²) in [6.45, 7) is 6.57. The highest BCUT2D eigenvalue weighted by atomic mass is 79.9. The van der Waals surface area contributed by atoms with Crippen LogP contribution in [-0.2, 0) is 9.47 Å². The van der Waals surface area contributed by atoms with Gasteiger partial charge in [-0.2, -0.15) is 0 Å². The van der Waals surface area contributed by atoms with E-state index in [1.54, 1.807) is 0 Å². The minimum Gasteiger partial charge on any atom is -0.350 e. The number of amides is 1. The van der Waals surface area contributed by atoms with Gasteiger partial charge in [-0.1, -0.05) is 15.9 Å². The minimum atomic E-state index is -0.499. The zero-order valence-electron chi connectivity index (χ0n) is 11.7. The van der Waals surface area contributed by atoms with Crippen molar-refractivity contribution in [2.75, 3.05) is 26.3 Å². The largest absolute Gasteiger partial charge is 0.350 e. The predicted molar refractivity (Wildman–Crippen MR) is 78.5 cm³/mol. The van der Waals surface area contributed by atoms with Crippen LogP contribution in [0.25, 0.3) is 0 Å². The Morgan fingerprint density at radius 2 is 1.70 bits per heavy atom. The summed E-state index contributed by atoms with van der Waals surface area (Å²) in [5.41, 5.74) is 0.710. The van der Waals surface area contributed by atoms with Crippen LogP contribution in [0.1, 0.15) is 24.2 Å². The van der Waals surface area contributed by atoms with E-state index < -0.39 is 5.79 Å². The number of hydrogen-bond acceptors (Lipinski definition) is 3. The van der Waals surface area contributed by atoms with E-state index in [9.17, 15) is 4.79 Å². The van der Waals surface area contributed by atoms with Crippen LogP contribution in [0.5, 0.6) is 0 Å². The Morgan fingerprint density at radius 1 is 1.15 bits per heavy atom. The summed E-state index contributed by atoms with van der Waals surface area (Å²) in [4.78, 5) is 14.2. The first-order chi connectivity index (χ1) is 9.39. The second-order valence-electron chi connectivity index (χ2n) is 6.15. The van der Waals surface area contributed by atoms with Crippen molar-refractivity contribution in [3.63, 3.8) is 0 Å². The van der Waals surface area contributed by atoms with Crippen LogP contribution in [0, 0.1) is 5.41 Å². The fourth-order valence-electron chi connectivity index (χ4n) is 2.60. The van der Waals surface area contributed by atoms with Crippen molar-refractivity contribution in [2.24, 2.45) is 5.41 Å². The van der Waals surface area contributed by atoms with Gasteiger partial charge in [-0.3, -0.25) is 4.79 Å². The van der Waals surface area contributed by atoms with Gasteiger partial charge in [0.1, 0.15) is 0 Å². The van der Waals surface area contributed by atoms with Gasteiger partial charge in [0, 0.05) is 23.1 Å². The summed E-state index contributed by atoms with van der Waals surface area (Å²) in [7, 11) is 0. The first-order valence-electron chi connectivity index (χ1n) is 6.72. The van der Waals surface area contributed by atoms with E-state index in [2.05, 4.69) is 15.9 Å². The molecule has 2 fully saturated rings. The average molecular weight is 340 g/mol. The van der Waals surface area contributed by atoms with Gasteiger partial charge in [-0.05, 0) is 38.1 Å². The fraction of sp³-hybridized carbons (Fsp3) is 0.533. The lowest BCUT2D eigenvalue weighted by Crippen LogP contribution is -2.65. The van der Waals surface area contributed by atoms with Crippen molar-refractivity contribution in [3.8, 4) is 0 Å². The molecule has 2 aliphatic heterocycles. The number of carbonyl (C=O) groups excluding carboxylic acids is 1. The van der Waals surface area contributed by atoms with Crippen LogP contribution in [0.15, 0.2) is 28.7 Å². The second kappa shape index (κ2) is 4.83. The van der Waals surface area contributed by atoms with E-state index >= 15 is 0 Å². The van der Waals surface area contributed by atoms with Gasteiger partial charge in [-0.15, -0.1) is 0 Å². The average Bonchev–Trinajstić information content (AvgIpc) is 2.37. The number of carbonyl (C=O) groups is 1. The lowest BCUT2D eigenvalue weighted by Gasteiger charge is -2.54. The van der Waals surface area contributed by atoms with Crippen LogP contribution in [-0.4, -0.2) is 42.9 Å². The molecule has 0 radical (unpaired) electrons. The van der Waals surface area contributed by atoms with Gasteiger partial charge < -0.3 is 14.4 Å². The molecule has 0 unspecified atom stereocenters. The van der Waals surface area contributed by atoms with E-state index in [1.807, 2.05) is 43.0 Å². The molecule has 4 nitrogen and oxygen atoms in total. The third-order valence-electron chi connectivity index (χ3n) is 3.88. The lowest BCUT2D eigenvalue weighted by atomic mass is 9.80. The molecule has 2 heterocycles. The first-order valence-corrected chi connectivity index (χ1v) is 7.51. The molecule has 2 aliphatic rings. The van der Waals surface area contributed by atoms with E-state index in [0.717, 1.165) is 10.0 Å². The number of halogens is 1. The van der Waals surface area contributed by atoms with Gasteiger partial charge in [0.25, 0.3) is 5.91 Å². The normalized spacial score (nSPS) is 23.4. The third-order valence-corrected chi connectivity index (χ3v) is 4.41. The molecule has 108 valence electrons. The van der Waals surface area contributed by atoms with E-state index in [4.69, 9.17) is 9.47 Å².